The first-order valence-corrected chi connectivity index (χ1v) is 8.92. The van der Waals surface area contributed by atoms with E-state index in [1.807, 2.05) is 30.0 Å². The highest BCUT2D eigenvalue weighted by molar-refractivity contribution is 5.79. The highest BCUT2D eigenvalue weighted by Gasteiger charge is 2.33. The Hall–Kier alpha value is -1.59. The first kappa shape index (κ1) is 17.2. The molecule has 1 aliphatic heterocycles. The molecule has 0 unspecified atom stereocenters. The second kappa shape index (κ2) is 7.53. The molecule has 1 aromatic carbocycles. The third-order valence-corrected chi connectivity index (χ3v) is 5.41. The molecule has 0 spiro atoms. The van der Waals surface area contributed by atoms with E-state index < -0.39 is 0 Å². The van der Waals surface area contributed by atoms with Gasteiger partial charge in [-0.3, -0.25) is 9.69 Å². The molecule has 5 nitrogen and oxygen atoms in total. The number of carbonyl (C=O) groups excluding carboxylic acids is 1. The van der Waals surface area contributed by atoms with Gasteiger partial charge < -0.3 is 14.7 Å². The number of benzene rings is 1. The predicted octanol–water partition coefficient (Wildman–Crippen LogP) is 1.60. The van der Waals surface area contributed by atoms with Gasteiger partial charge in [-0.1, -0.05) is 12.1 Å². The van der Waals surface area contributed by atoms with Gasteiger partial charge in [0.1, 0.15) is 5.75 Å². The molecular formula is C19H28N2O3. The zero-order valence-electron chi connectivity index (χ0n) is 14.7. The number of aryl methyl sites for hydroxylation is 1. The van der Waals surface area contributed by atoms with Crippen molar-refractivity contribution in [3.8, 4) is 5.75 Å². The molecule has 1 aliphatic carbocycles. The van der Waals surface area contributed by atoms with E-state index in [-0.39, 0.29) is 12.0 Å². The number of nitrogens with zero attached hydrogens (tertiary/aromatic N) is 2. The van der Waals surface area contributed by atoms with Gasteiger partial charge in [0.2, 0.25) is 5.91 Å². The summed E-state index contributed by atoms with van der Waals surface area (Å²) < 4.78 is 5.34. The van der Waals surface area contributed by atoms with Gasteiger partial charge in [-0.05, 0) is 43.4 Å². The highest BCUT2D eigenvalue weighted by Crippen LogP contribution is 2.25. The lowest BCUT2D eigenvalue weighted by atomic mass is 10.1. The number of ether oxygens (including phenoxy) is 1. The van der Waals surface area contributed by atoms with Gasteiger partial charge in [0.05, 0.1) is 19.6 Å². The smallest absolute Gasteiger partial charge is 0.227 e. The predicted molar refractivity (Wildman–Crippen MR) is 93.2 cm³/mol. The summed E-state index contributed by atoms with van der Waals surface area (Å²) in [5.41, 5.74) is 2.08. The van der Waals surface area contributed by atoms with Gasteiger partial charge in [-0.15, -0.1) is 0 Å². The van der Waals surface area contributed by atoms with Crippen LogP contribution in [0.25, 0.3) is 0 Å². The van der Waals surface area contributed by atoms with Crippen molar-refractivity contribution in [2.75, 3.05) is 33.3 Å². The van der Waals surface area contributed by atoms with E-state index in [4.69, 9.17) is 4.74 Å². The van der Waals surface area contributed by atoms with Crippen molar-refractivity contribution in [1.82, 2.24) is 9.80 Å². The summed E-state index contributed by atoms with van der Waals surface area (Å²) in [5.74, 6) is 1.01. The van der Waals surface area contributed by atoms with E-state index in [2.05, 4.69) is 4.90 Å². The number of carbonyl (C=O) groups is 1. The Balaban J connectivity index is 1.53. The number of aliphatic hydroxyl groups is 1. The molecule has 1 saturated carbocycles. The summed E-state index contributed by atoms with van der Waals surface area (Å²) in [6.07, 6.45) is 3.34. The van der Waals surface area contributed by atoms with Gasteiger partial charge in [0.25, 0.3) is 0 Å². The van der Waals surface area contributed by atoms with Crippen LogP contribution in [0.15, 0.2) is 18.2 Å². The summed E-state index contributed by atoms with van der Waals surface area (Å²) in [4.78, 5) is 16.9. The first-order valence-electron chi connectivity index (χ1n) is 8.92. The number of hydrogen-bond acceptors (Lipinski definition) is 4. The van der Waals surface area contributed by atoms with Crippen LogP contribution in [0.3, 0.4) is 0 Å². The summed E-state index contributed by atoms with van der Waals surface area (Å²) in [6, 6.07) is 6.25. The van der Waals surface area contributed by atoms with Gasteiger partial charge >= 0.3 is 0 Å². The van der Waals surface area contributed by atoms with Crippen molar-refractivity contribution in [1.29, 1.82) is 0 Å². The fraction of sp³-hybridized carbons (Fsp3) is 0.632. The Kier molecular flexibility index (Phi) is 5.41. The topological polar surface area (TPSA) is 53.0 Å². The van der Waals surface area contributed by atoms with Gasteiger partial charge in [-0.2, -0.15) is 0 Å². The maximum Gasteiger partial charge on any atom is 0.227 e. The Morgan fingerprint density at radius 3 is 2.62 bits per heavy atom. The van der Waals surface area contributed by atoms with Crippen molar-refractivity contribution in [2.24, 2.45) is 0 Å². The second-order valence-corrected chi connectivity index (χ2v) is 6.96. The standard InChI is InChI=1S/C19H28N2O3/c1-14-6-7-15(12-18(14)24-2)13-19(23)21-10-8-20(9-11-21)16-4-3-5-17(16)22/h6-7,12,16-17,22H,3-5,8-11,13H2,1-2H3/t16-,17+/m1/s1. The number of aliphatic hydroxyl groups excluding tert-OH is 1. The molecule has 0 bridgehead atoms. The van der Waals surface area contributed by atoms with E-state index in [9.17, 15) is 9.90 Å². The van der Waals surface area contributed by atoms with Crippen LogP contribution in [0.5, 0.6) is 5.75 Å². The van der Waals surface area contributed by atoms with Gasteiger partial charge in [0, 0.05) is 32.2 Å². The van der Waals surface area contributed by atoms with Crippen LogP contribution in [-0.4, -0.2) is 66.2 Å². The lowest BCUT2D eigenvalue weighted by Gasteiger charge is -2.39. The Morgan fingerprint density at radius 1 is 1.25 bits per heavy atom. The molecule has 2 atom stereocenters. The van der Waals surface area contributed by atoms with Crippen molar-refractivity contribution in [3.63, 3.8) is 0 Å². The van der Waals surface area contributed by atoms with E-state index in [1.165, 1.54) is 0 Å². The molecule has 0 aromatic heterocycles. The zero-order chi connectivity index (χ0) is 17.1. The third-order valence-electron chi connectivity index (χ3n) is 5.41. The normalized spacial score (nSPS) is 25.0. The summed E-state index contributed by atoms with van der Waals surface area (Å²) >= 11 is 0. The minimum Gasteiger partial charge on any atom is -0.496 e. The molecule has 2 aliphatic rings. The van der Waals surface area contributed by atoms with Crippen LogP contribution in [0.4, 0.5) is 0 Å². The SMILES string of the molecule is COc1cc(CC(=O)N2CCN([C@@H]3CCC[C@@H]3O)CC2)ccc1C. The number of hydrogen-bond donors (Lipinski definition) is 1. The van der Waals surface area contributed by atoms with E-state index in [0.29, 0.717) is 12.5 Å². The summed E-state index contributed by atoms with van der Waals surface area (Å²) in [6.45, 7) is 5.24. The van der Waals surface area contributed by atoms with E-state index >= 15 is 0 Å². The number of rotatable bonds is 4. The van der Waals surface area contributed by atoms with Crippen LogP contribution >= 0.6 is 0 Å². The molecule has 132 valence electrons. The molecule has 1 aromatic rings. The second-order valence-electron chi connectivity index (χ2n) is 6.96. The average Bonchev–Trinajstić information content (AvgIpc) is 3.02. The molecule has 1 heterocycles. The van der Waals surface area contributed by atoms with Crippen molar-refractivity contribution in [2.45, 2.75) is 44.8 Å². The minimum absolute atomic E-state index is 0.174. The molecule has 1 N–H and O–H groups in total. The number of methoxy groups -OCH3 is 1. The van der Waals surface area contributed by atoms with Crippen LogP contribution in [0.2, 0.25) is 0 Å². The van der Waals surface area contributed by atoms with Crippen molar-refractivity contribution in [3.05, 3.63) is 29.3 Å². The first-order chi connectivity index (χ1) is 11.6. The van der Waals surface area contributed by atoms with Crippen molar-refractivity contribution < 1.29 is 14.6 Å². The fourth-order valence-electron chi connectivity index (χ4n) is 3.91. The zero-order valence-corrected chi connectivity index (χ0v) is 14.7. The molecule has 3 rings (SSSR count). The largest absolute Gasteiger partial charge is 0.496 e. The van der Waals surface area contributed by atoms with E-state index in [1.54, 1.807) is 7.11 Å². The quantitative estimate of drug-likeness (QED) is 0.910. The lowest BCUT2D eigenvalue weighted by molar-refractivity contribution is -0.132. The summed E-state index contributed by atoms with van der Waals surface area (Å²) in [5, 5.41) is 10.0. The Morgan fingerprint density at radius 2 is 2.00 bits per heavy atom. The molecular weight excluding hydrogens is 304 g/mol. The van der Waals surface area contributed by atoms with Crippen molar-refractivity contribution >= 4 is 5.91 Å². The van der Waals surface area contributed by atoms with Crippen LogP contribution in [0.1, 0.15) is 30.4 Å². The monoisotopic (exact) mass is 332 g/mol. The molecule has 0 radical (unpaired) electrons. The fourth-order valence-corrected chi connectivity index (χ4v) is 3.91. The van der Waals surface area contributed by atoms with Crippen LogP contribution in [0, 0.1) is 6.92 Å². The minimum atomic E-state index is -0.188. The maximum absolute atomic E-state index is 12.6. The number of piperazine rings is 1. The van der Waals surface area contributed by atoms with E-state index in [0.717, 1.165) is 62.3 Å². The molecule has 1 amide bonds. The van der Waals surface area contributed by atoms with Crippen LogP contribution < -0.4 is 4.74 Å². The third kappa shape index (κ3) is 3.73. The highest BCUT2D eigenvalue weighted by atomic mass is 16.5. The number of amides is 1. The molecule has 24 heavy (non-hydrogen) atoms. The van der Waals surface area contributed by atoms with Gasteiger partial charge in [0.15, 0.2) is 0 Å². The average molecular weight is 332 g/mol. The molecule has 5 heteroatoms. The molecule has 1 saturated heterocycles. The van der Waals surface area contributed by atoms with Crippen LogP contribution in [-0.2, 0) is 11.2 Å². The lowest BCUT2D eigenvalue weighted by Crippen LogP contribution is -2.53. The Labute approximate surface area is 144 Å². The summed E-state index contributed by atoms with van der Waals surface area (Å²) in [7, 11) is 1.66. The maximum atomic E-state index is 12.6. The Bertz CT molecular complexity index is 582. The molecule has 2 fully saturated rings. The van der Waals surface area contributed by atoms with Gasteiger partial charge in [-0.25, -0.2) is 0 Å².